The van der Waals surface area contributed by atoms with Gasteiger partial charge < -0.3 is 4.57 Å². The molecule has 7 aromatic rings. The summed E-state index contributed by atoms with van der Waals surface area (Å²) in [5.74, 6) is 0. The summed E-state index contributed by atoms with van der Waals surface area (Å²) in [6.45, 7) is 0. The van der Waals surface area contributed by atoms with Gasteiger partial charge in [0.25, 0.3) is 0 Å². The van der Waals surface area contributed by atoms with Crippen LogP contribution in [0.2, 0.25) is 0 Å². The fourth-order valence-corrected chi connectivity index (χ4v) is 5.25. The molecule has 0 spiro atoms. The monoisotopic (exact) mass is 445 g/mol. The zero-order valence-electron chi connectivity index (χ0n) is 19.2. The van der Waals surface area contributed by atoms with Gasteiger partial charge >= 0.3 is 0 Å². The fourth-order valence-electron chi connectivity index (χ4n) is 5.25. The van der Waals surface area contributed by atoms with Crippen molar-refractivity contribution in [2.24, 2.45) is 0 Å². The van der Waals surface area contributed by atoms with E-state index < -0.39 is 0 Å². The Hall–Kier alpha value is -4.62. The van der Waals surface area contributed by atoms with Crippen LogP contribution in [0.15, 0.2) is 140 Å². The molecule has 0 aliphatic rings. The minimum absolute atomic E-state index is 1.18. The van der Waals surface area contributed by atoms with Crippen molar-refractivity contribution in [2.45, 2.75) is 0 Å². The third-order valence-corrected chi connectivity index (χ3v) is 6.97. The van der Waals surface area contributed by atoms with E-state index in [9.17, 15) is 0 Å². The van der Waals surface area contributed by atoms with E-state index >= 15 is 0 Å². The Morgan fingerprint density at radius 3 is 1.91 bits per heavy atom. The van der Waals surface area contributed by atoms with Gasteiger partial charge in [0.05, 0.1) is 11.0 Å². The van der Waals surface area contributed by atoms with Crippen LogP contribution in [-0.2, 0) is 0 Å². The minimum atomic E-state index is 1.18. The molecule has 0 N–H and O–H groups in total. The van der Waals surface area contributed by atoms with Gasteiger partial charge in [-0.1, -0.05) is 103 Å². The van der Waals surface area contributed by atoms with Crippen LogP contribution in [0, 0.1) is 0 Å². The van der Waals surface area contributed by atoms with Crippen LogP contribution < -0.4 is 0 Å². The first-order valence-electron chi connectivity index (χ1n) is 12.0. The first kappa shape index (κ1) is 19.8. The molecule has 164 valence electrons. The number of aromatic nitrogens is 1. The van der Waals surface area contributed by atoms with E-state index in [1.807, 2.05) is 0 Å². The van der Waals surface area contributed by atoms with E-state index in [0.717, 1.165) is 0 Å². The number of fused-ring (bicyclic) bond motifs is 4. The number of para-hydroxylation sites is 1. The molecule has 1 heteroatoms. The minimum Gasteiger partial charge on any atom is -0.309 e. The van der Waals surface area contributed by atoms with Crippen LogP contribution in [0.3, 0.4) is 0 Å². The maximum Gasteiger partial charge on any atom is 0.0541 e. The lowest BCUT2D eigenvalue weighted by molar-refractivity contribution is 1.18. The predicted octanol–water partition coefficient (Wildman–Crippen LogP) is 9.27. The Morgan fingerprint density at radius 2 is 1.00 bits per heavy atom. The highest BCUT2D eigenvalue weighted by molar-refractivity contribution is 6.10. The van der Waals surface area contributed by atoms with Gasteiger partial charge in [0, 0.05) is 16.5 Å². The molecular weight excluding hydrogens is 422 g/mol. The molecule has 7 rings (SSSR count). The lowest BCUT2D eigenvalue weighted by atomic mass is 10.0. The van der Waals surface area contributed by atoms with Gasteiger partial charge in [-0.2, -0.15) is 0 Å². The molecule has 0 amide bonds. The fraction of sp³-hybridized carbons (Fsp3) is 0. The van der Waals surface area contributed by atoms with Gasteiger partial charge in [0.2, 0.25) is 0 Å². The standard InChI is InChI=1S/C34H23N/c1-2-9-24(10-3-1)29-19-20-34-32(23-29)31-15-6-7-16-33(31)35(34)30-14-8-13-27(22-30)28-18-17-25-11-4-5-12-26(25)21-28/h1-23H. The summed E-state index contributed by atoms with van der Waals surface area (Å²) in [5.41, 5.74) is 8.56. The molecule has 0 bridgehead atoms. The normalized spacial score (nSPS) is 11.4. The summed E-state index contributed by atoms with van der Waals surface area (Å²) in [4.78, 5) is 0. The van der Waals surface area contributed by atoms with Crippen molar-refractivity contribution in [2.75, 3.05) is 0 Å². The summed E-state index contributed by atoms with van der Waals surface area (Å²) < 4.78 is 2.39. The first-order valence-corrected chi connectivity index (χ1v) is 12.0. The Morgan fingerprint density at radius 1 is 0.343 bits per heavy atom. The highest BCUT2D eigenvalue weighted by Gasteiger charge is 2.13. The van der Waals surface area contributed by atoms with Crippen LogP contribution in [0.1, 0.15) is 0 Å². The van der Waals surface area contributed by atoms with Gasteiger partial charge in [-0.05, 0) is 69.4 Å². The van der Waals surface area contributed by atoms with Crippen molar-refractivity contribution < 1.29 is 0 Å². The number of hydrogen-bond donors (Lipinski definition) is 0. The Labute approximate surface area is 204 Å². The molecule has 35 heavy (non-hydrogen) atoms. The predicted molar refractivity (Wildman–Crippen MR) is 149 cm³/mol. The third-order valence-electron chi connectivity index (χ3n) is 6.97. The zero-order valence-corrected chi connectivity index (χ0v) is 19.2. The van der Waals surface area contributed by atoms with Crippen molar-refractivity contribution >= 4 is 32.6 Å². The van der Waals surface area contributed by atoms with Crippen molar-refractivity contribution in [1.29, 1.82) is 0 Å². The van der Waals surface area contributed by atoms with E-state index in [4.69, 9.17) is 0 Å². The van der Waals surface area contributed by atoms with Crippen LogP contribution in [-0.4, -0.2) is 4.57 Å². The van der Waals surface area contributed by atoms with Crippen LogP contribution >= 0.6 is 0 Å². The summed E-state index contributed by atoms with van der Waals surface area (Å²) in [7, 11) is 0. The van der Waals surface area contributed by atoms with Crippen LogP contribution in [0.25, 0.3) is 60.5 Å². The Balaban J connectivity index is 1.43. The van der Waals surface area contributed by atoms with Gasteiger partial charge in [-0.15, -0.1) is 0 Å². The SMILES string of the molecule is c1ccc(-c2ccc3c(c2)c2ccccc2n3-c2cccc(-c3ccc4ccccc4c3)c2)cc1. The molecule has 0 aliphatic heterocycles. The van der Waals surface area contributed by atoms with E-state index in [0.29, 0.717) is 0 Å². The number of benzene rings is 6. The van der Waals surface area contributed by atoms with Gasteiger partial charge in [0.1, 0.15) is 0 Å². The van der Waals surface area contributed by atoms with Crippen molar-refractivity contribution in [1.82, 2.24) is 4.57 Å². The first-order chi connectivity index (χ1) is 17.3. The second-order valence-corrected chi connectivity index (χ2v) is 9.06. The average molecular weight is 446 g/mol. The van der Waals surface area contributed by atoms with Crippen molar-refractivity contribution in [3.63, 3.8) is 0 Å². The molecule has 6 aromatic carbocycles. The summed E-state index contributed by atoms with van der Waals surface area (Å²) >= 11 is 0. The topological polar surface area (TPSA) is 4.93 Å². The van der Waals surface area contributed by atoms with E-state index in [1.54, 1.807) is 0 Å². The highest BCUT2D eigenvalue weighted by atomic mass is 15.0. The second-order valence-electron chi connectivity index (χ2n) is 9.06. The van der Waals surface area contributed by atoms with Crippen LogP contribution in [0.4, 0.5) is 0 Å². The van der Waals surface area contributed by atoms with E-state index in [-0.39, 0.29) is 0 Å². The summed E-state index contributed by atoms with van der Waals surface area (Å²) in [6, 6.07) is 50.3. The zero-order chi connectivity index (χ0) is 23.2. The van der Waals surface area contributed by atoms with Gasteiger partial charge in [0.15, 0.2) is 0 Å². The third kappa shape index (κ3) is 3.33. The quantitative estimate of drug-likeness (QED) is 0.255. The molecule has 1 heterocycles. The largest absolute Gasteiger partial charge is 0.309 e. The molecule has 0 atom stereocenters. The number of nitrogens with zero attached hydrogens (tertiary/aromatic N) is 1. The molecule has 0 saturated heterocycles. The van der Waals surface area contributed by atoms with E-state index in [1.165, 1.54) is 60.5 Å². The smallest absolute Gasteiger partial charge is 0.0541 e. The second kappa shape index (κ2) is 8.00. The number of hydrogen-bond acceptors (Lipinski definition) is 0. The van der Waals surface area contributed by atoms with Crippen molar-refractivity contribution in [3.05, 3.63) is 140 Å². The molecule has 0 unspecified atom stereocenters. The molecule has 0 saturated carbocycles. The maximum absolute atomic E-state index is 2.39. The molecule has 1 nitrogen and oxygen atoms in total. The molecule has 0 aliphatic carbocycles. The Bertz CT molecular complexity index is 1840. The van der Waals surface area contributed by atoms with Crippen molar-refractivity contribution in [3.8, 4) is 27.9 Å². The molecule has 0 fully saturated rings. The van der Waals surface area contributed by atoms with Gasteiger partial charge in [-0.3, -0.25) is 0 Å². The van der Waals surface area contributed by atoms with Gasteiger partial charge in [-0.25, -0.2) is 0 Å². The average Bonchev–Trinajstić information content (AvgIpc) is 3.27. The highest BCUT2D eigenvalue weighted by Crippen LogP contribution is 2.36. The summed E-state index contributed by atoms with van der Waals surface area (Å²) in [5, 5.41) is 5.08. The lowest BCUT2D eigenvalue weighted by Gasteiger charge is -2.11. The molecule has 1 aromatic heterocycles. The molecular formula is C34H23N. The summed E-state index contributed by atoms with van der Waals surface area (Å²) in [6.07, 6.45) is 0. The van der Waals surface area contributed by atoms with E-state index in [2.05, 4.69) is 144 Å². The lowest BCUT2D eigenvalue weighted by Crippen LogP contribution is -1.94. The molecule has 0 radical (unpaired) electrons. The Kier molecular flexibility index (Phi) is 4.53. The maximum atomic E-state index is 2.39. The number of rotatable bonds is 3. The van der Waals surface area contributed by atoms with Crippen LogP contribution in [0.5, 0.6) is 0 Å².